The molecular formula is C19H34N4OS. The topological polar surface area (TPSA) is 58.5 Å². The quantitative estimate of drug-likeness (QED) is 0.399. The van der Waals surface area contributed by atoms with Gasteiger partial charge >= 0.3 is 0 Å². The number of aryl methyl sites for hydroxylation is 2. The van der Waals surface area contributed by atoms with Crippen molar-refractivity contribution in [3.63, 3.8) is 0 Å². The maximum atomic E-state index is 5.95. The van der Waals surface area contributed by atoms with E-state index >= 15 is 0 Å². The van der Waals surface area contributed by atoms with Crippen LogP contribution in [0.25, 0.3) is 0 Å². The molecule has 1 aromatic heterocycles. The van der Waals surface area contributed by atoms with Gasteiger partial charge in [-0.2, -0.15) is 0 Å². The SMILES string of the molecule is CCc1nc(CCNC(=NC)NCCCOC2CCCCC2)sc1C. The Balaban J connectivity index is 1.55. The van der Waals surface area contributed by atoms with E-state index in [1.165, 1.54) is 47.7 Å². The lowest BCUT2D eigenvalue weighted by Gasteiger charge is -2.22. The predicted molar refractivity (Wildman–Crippen MR) is 107 cm³/mol. The minimum atomic E-state index is 0.501. The van der Waals surface area contributed by atoms with E-state index in [0.29, 0.717) is 6.10 Å². The van der Waals surface area contributed by atoms with Crippen molar-refractivity contribution in [2.75, 3.05) is 26.7 Å². The van der Waals surface area contributed by atoms with E-state index in [1.54, 1.807) is 0 Å². The van der Waals surface area contributed by atoms with Crippen molar-refractivity contribution in [2.45, 2.75) is 71.3 Å². The summed E-state index contributed by atoms with van der Waals surface area (Å²) >= 11 is 1.81. The van der Waals surface area contributed by atoms with Gasteiger partial charge in [-0.1, -0.05) is 26.2 Å². The molecule has 1 aliphatic carbocycles. The first-order chi connectivity index (χ1) is 12.2. The number of nitrogens with one attached hydrogen (secondary N) is 2. The van der Waals surface area contributed by atoms with Crippen LogP contribution in [0.2, 0.25) is 0 Å². The molecule has 0 spiro atoms. The summed E-state index contributed by atoms with van der Waals surface area (Å²) in [5.74, 6) is 0.863. The molecule has 2 rings (SSSR count). The van der Waals surface area contributed by atoms with Crippen LogP contribution in [0.15, 0.2) is 4.99 Å². The number of aliphatic imine (C=N–C) groups is 1. The van der Waals surface area contributed by atoms with Crippen LogP contribution in [0.1, 0.15) is 61.0 Å². The van der Waals surface area contributed by atoms with E-state index in [9.17, 15) is 0 Å². The summed E-state index contributed by atoms with van der Waals surface area (Å²) < 4.78 is 5.95. The fraction of sp³-hybridized carbons (Fsp3) is 0.789. The Labute approximate surface area is 156 Å². The molecule has 25 heavy (non-hydrogen) atoms. The minimum absolute atomic E-state index is 0.501. The second kappa shape index (κ2) is 11.5. The Hall–Kier alpha value is -1.14. The molecule has 1 saturated carbocycles. The van der Waals surface area contributed by atoms with Crippen LogP contribution in [0.4, 0.5) is 0 Å². The molecule has 0 unspecified atom stereocenters. The second-order valence-corrected chi connectivity index (χ2v) is 7.91. The largest absolute Gasteiger partial charge is 0.378 e. The van der Waals surface area contributed by atoms with Crippen LogP contribution >= 0.6 is 11.3 Å². The van der Waals surface area contributed by atoms with E-state index in [0.717, 1.165) is 44.9 Å². The first-order valence-electron chi connectivity index (χ1n) is 9.74. The molecule has 1 fully saturated rings. The van der Waals surface area contributed by atoms with E-state index < -0.39 is 0 Å². The van der Waals surface area contributed by atoms with Gasteiger partial charge in [-0.3, -0.25) is 4.99 Å². The van der Waals surface area contributed by atoms with Gasteiger partial charge in [0.15, 0.2) is 5.96 Å². The number of aromatic nitrogens is 1. The smallest absolute Gasteiger partial charge is 0.190 e. The molecule has 5 nitrogen and oxygen atoms in total. The van der Waals surface area contributed by atoms with Crippen LogP contribution in [-0.4, -0.2) is 43.8 Å². The maximum Gasteiger partial charge on any atom is 0.190 e. The number of hydrogen-bond acceptors (Lipinski definition) is 4. The zero-order valence-corrected chi connectivity index (χ0v) is 16.9. The van der Waals surface area contributed by atoms with Gasteiger partial charge < -0.3 is 15.4 Å². The zero-order chi connectivity index (χ0) is 17.9. The first-order valence-corrected chi connectivity index (χ1v) is 10.6. The molecule has 0 aliphatic heterocycles. The van der Waals surface area contributed by atoms with Crippen molar-refractivity contribution in [1.29, 1.82) is 0 Å². The maximum absolute atomic E-state index is 5.95. The van der Waals surface area contributed by atoms with Crippen molar-refractivity contribution in [2.24, 2.45) is 4.99 Å². The normalized spacial score (nSPS) is 16.2. The van der Waals surface area contributed by atoms with Crippen LogP contribution in [0.5, 0.6) is 0 Å². The third kappa shape index (κ3) is 7.32. The highest BCUT2D eigenvalue weighted by Crippen LogP contribution is 2.20. The molecule has 142 valence electrons. The average Bonchev–Trinajstić information content (AvgIpc) is 3.00. The van der Waals surface area contributed by atoms with Gasteiger partial charge in [-0.05, 0) is 32.6 Å². The van der Waals surface area contributed by atoms with Crippen molar-refractivity contribution >= 4 is 17.3 Å². The monoisotopic (exact) mass is 366 g/mol. The van der Waals surface area contributed by atoms with Gasteiger partial charge in [-0.25, -0.2) is 4.98 Å². The highest BCUT2D eigenvalue weighted by molar-refractivity contribution is 7.11. The number of nitrogens with zero attached hydrogens (tertiary/aromatic N) is 2. The fourth-order valence-electron chi connectivity index (χ4n) is 3.19. The van der Waals surface area contributed by atoms with E-state index in [4.69, 9.17) is 4.74 Å². The molecule has 0 bridgehead atoms. The summed E-state index contributed by atoms with van der Waals surface area (Å²) in [4.78, 5) is 10.3. The van der Waals surface area contributed by atoms with Gasteiger partial charge in [0.1, 0.15) is 0 Å². The molecule has 0 amide bonds. The summed E-state index contributed by atoms with van der Waals surface area (Å²) in [6.07, 6.45) is 10.0. The number of rotatable bonds is 9. The van der Waals surface area contributed by atoms with Crippen LogP contribution < -0.4 is 10.6 Å². The van der Waals surface area contributed by atoms with E-state index in [-0.39, 0.29) is 0 Å². The van der Waals surface area contributed by atoms with Crippen molar-refractivity contribution in [3.05, 3.63) is 15.6 Å². The van der Waals surface area contributed by atoms with Gasteiger partial charge in [0.25, 0.3) is 0 Å². The second-order valence-electron chi connectivity index (χ2n) is 6.62. The standard InChI is InChI=1S/C19H34N4OS/c1-4-17-15(2)25-18(23-17)11-13-22-19(20-3)21-12-8-14-24-16-9-6-5-7-10-16/h16H,4-14H2,1-3H3,(H2,20,21,22). The highest BCUT2D eigenvalue weighted by Gasteiger charge is 2.13. The lowest BCUT2D eigenvalue weighted by molar-refractivity contribution is 0.0277. The number of hydrogen-bond donors (Lipinski definition) is 2. The molecule has 0 saturated heterocycles. The molecule has 1 aliphatic rings. The molecule has 0 aromatic carbocycles. The minimum Gasteiger partial charge on any atom is -0.378 e. The summed E-state index contributed by atoms with van der Waals surface area (Å²) in [7, 11) is 1.82. The Kier molecular flexibility index (Phi) is 9.26. The van der Waals surface area contributed by atoms with Gasteiger partial charge in [0.2, 0.25) is 0 Å². The van der Waals surface area contributed by atoms with Crippen molar-refractivity contribution in [1.82, 2.24) is 15.6 Å². The zero-order valence-electron chi connectivity index (χ0n) is 16.1. The molecule has 2 N–H and O–H groups in total. The Morgan fingerprint density at radius 2 is 2.00 bits per heavy atom. The summed E-state index contributed by atoms with van der Waals surface area (Å²) in [6.45, 7) is 6.90. The highest BCUT2D eigenvalue weighted by atomic mass is 32.1. The molecule has 6 heteroatoms. The van der Waals surface area contributed by atoms with E-state index in [2.05, 4.69) is 34.5 Å². The van der Waals surface area contributed by atoms with Crippen LogP contribution in [-0.2, 0) is 17.6 Å². The van der Waals surface area contributed by atoms with Gasteiger partial charge in [0.05, 0.1) is 16.8 Å². The third-order valence-electron chi connectivity index (χ3n) is 4.65. The van der Waals surface area contributed by atoms with Crippen LogP contribution in [0, 0.1) is 6.92 Å². The first kappa shape index (κ1) is 20.2. The van der Waals surface area contributed by atoms with Crippen molar-refractivity contribution in [3.8, 4) is 0 Å². The number of thiazole rings is 1. The lowest BCUT2D eigenvalue weighted by atomic mass is 9.98. The molecule has 0 radical (unpaired) electrons. The Morgan fingerprint density at radius 1 is 1.24 bits per heavy atom. The Bertz CT molecular complexity index is 523. The van der Waals surface area contributed by atoms with Crippen LogP contribution in [0.3, 0.4) is 0 Å². The average molecular weight is 367 g/mol. The number of ether oxygens (including phenoxy) is 1. The molecule has 1 heterocycles. The molecule has 1 aromatic rings. The van der Waals surface area contributed by atoms with Gasteiger partial charge in [-0.15, -0.1) is 11.3 Å². The molecular weight excluding hydrogens is 332 g/mol. The van der Waals surface area contributed by atoms with Gasteiger partial charge in [0, 0.05) is 38.0 Å². The lowest BCUT2D eigenvalue weighted by Crippen LogP contribution is -2.39. The number of guanidine groups is 1. The molecule has 0 atom stereocenters. The summed E-state index contributed by atoms with van der Waals surface area (Å²) in [6, 6.07) is 0. The van der Waals surface area contributed by atoms with E-state index in [1.807, 2.05) is 18.4 Å². The summed E-state index contributed by atoms with van der Waals surface area (Å²) in [5, 5.41) is 7.94. The third-order valence-corrected chi connectivity index (χ3v) is 5.72. The summed E-state index contributed by atoms with van der Waals surface area (Å²) in [5.41, 5.74) is 1.24. The Morgan fingerprint density at radius 3 is 2.68 bits per heavy atom. The fourth-order valence-corrected chi connectivity index (χ4v) is 4.21. The van der Waals surface area contributed by atoms with Crippen molar-refractivity contribution < 1.29 is 4.74 Å². The predicted octanol–water partition coefficient (Wildman–Crippen LogP) is 3.46.